The summed E-state index contributed by atoms with van der Waals surface area (Å²) in [5, 5.41) is 41.0. The van der Waals surface area contributed by atoms with Gasteiger partial charge in [-0.15, -0.1) is 0 Å². The molecule has 0 aromatic rings. The molecular formula is C45H81N5O7. The van der Waals surface area contributed by atoms with E-state index in [0.29, 0.717) is 35.6 Å². The first-order valence-corrected chi connectivity index (χ1v) is 22.9. The number of amides is 2. The fraction of sp³-hybridized carbons (Fsp3) is 0.956. The first kappa shape index (κ1) is 45.2. The zero-order chi connectivity index (χ0) is 41.3. The Morgan fingerprint density at radius 3 is 2.30 bits per heavy atom. The van der Waals surface area contributed by atoms with Gasteiger partial charge < -0.3 is 40.5 Å². The van der Waals surface area contributed by atoms with Gasteiger partial charge in [-0.1, -0.05) is 40.0 Å². The van der Waals surface area contributed by atoms with Crippen LogP contribution < -0.4 is 10.6 Å². The van der Waals surface area contributed by atoms with E-state index in [1.54, 1.807) is 19.1 Å². The fourth-order valence-electron chi connectivity index (χ4n) is 13.2. The molecule has 0 spiro atoms. The first-order chi connectivity index (χ1) is 27.0. The fourth-order valence-corrected chi connectivity index (χ4v) is 13.2. The smallest absolute Gasteiger partial charge is 0.240 e. The van der Waals surface area contributed by atoms with Crippen molar-refractivity contribution < 1.29 is 34.5 Å². The van der Waals surface area contributed by atoms with Crippen LogP contribution in [-0.2, 0) is 19.2 Å². The minimum Gasteiger partial charge on any atom is -0.394 e. The van der Waals surface area contributed by atoms with Crippen LogP contribution in [0.3, 0.4) is 0 Å². The number of aliphatic hydroxyl groups excluding tert-OH is 3. The van der Waals surface area contributed by atoms with Crippen LogP contribution in [0.15, 0.2) is 0 Å². The molecule has 328 valence electrons. The summed E-state index contributed by atoms with van der Waals surface area (Å²) in [6.07, 6.45) is 10.8. The number of carbonyl (C=O) groups excluding carboxylic acids is 2. The number of carbonyl (C=O) groups is 2. The average Bonchev–Trinajstić information content (AvgIpc) is 3.54. The summed E-state index contributed by atoms with van der Waals surface area (Å²) in [4.78, 5) is 39.5. The monoisotopic (exact) mass is 804 g/mol. The maximum Gasteiger partial charge on any atom is 0.240 e. The number of aliphatic hydroxyl groups is 3. The van der Waals surface area contributed by atoms with E-state index >= 15 is 0 Å². The Labute approximate surface area is 344 Å². The molecule has 1 saturated heterocycles. The van der Waals surface area contributed by atoms with Gasteiger partial charge in [0.2, 0.25) is 11.8 Å². The molecule has 7 aliphatic rings. The van der Waals surface area contributed by atoms with Crippen LogP contribution >= 0.6 is 0 Å². The minimum atomic E-state index is -0.838. The van der Waals surface area contributed by atoms with Crippen molar-refractivity contribution in [3.05, 3.63) is 0 Å². The second kappa shape index (κ2) is 19.1. The lowest BCUT2D eigenvalue weighted by atomic mass is 9.45. The summed E-state index contributed by atoms with van der Waals surface area (Å²) in [7, 11) is 10.2. The van der Waals surface area contributed by atoms with Crippen LogP contribution in [0.25, 0.3) is 0 Å². The van der Waals surface area contributed by atoms with Crippen molar-refractivity contribution in [3.8, 4) is 0 Å². The van der Waals surface area contributed by atoms with Gasteiger partial charge in [0.1, 0.15) is 12.1 Å². The lowest BCUT2D eigenvalue weighted by molar-refractivity contribution is -0.193. The number of fused-ring (bicyclic) bond motifs is 2. The quantitative estimate of drug-likeness (QED) is 0.165. The van der Waals surface area contributed by atoms with Crippen molar-refractivity contribution in [2.45, 2.75) is 160 Å². The zero-order valence-corrected chi connectivity index (χ0v) is 36.9. The van der Waals surface area contributed by atoms with Gasteiger partial charge in [-0.05, 0) is 140 Å². The molecule has 2 bridgehead atoms. The Hall–Kier alpha value is -1.38. The van der Waals surface area contributed by atoms with Gasteiger partial charge in [0.25, 0.3) is 0 Å². The van der Waals surface area contributed by atoms with Crippen molar-refractivity contribution in [1.82, 2.24) is 25.5 Å². The van der Waals surface area contributed by atoms with Gasteiger partial charge in [0.15, 0.2) is 0 Å². The van der Waals surface area contributed by atoms with Gasteiger partial charge in [0.05, 0.1) is 24.9 Å². The minimum absolute atomic E-state index is 0.00750. The number of hydrogen-bond donors (Lipinski definition) is 5. The van der Waals surface area contributed by atoms with Crippen LogP contribution in [-0.4, -0.2) is 146 Å². The highest BCUT2D eigenvalue weighted by Gasteiger charge is 2.58. The van der Waals surface area contributed by atoms with Gasteiger partial charge in [-0.3, -0.25) is 14.4 Å². The summed E-state index contributed by atoms with van der Waals surface area (Å²) in [5.74, 6) is 1.76. The predicted molar refractivity (Wildman–Crippen MR) is 222 cm³/mol. The van der Waals surface area contributed by atoms with E-state index in [0.717, 1.165) is 83.6 Å². The molecule has 7 rings (SSSR count). The van der Waals surface area contributed by atoms with Gasteiger partial charge >= 0.3 is 0 Å². The number of nitrogens with one attached hydrogen (secondary N) is 2. The highest BCUT2D eigenvalue weighted by Crippen LogP contribution is 2.61. The van der Waals surface area contributed by atoms with E-state index in [1.165, 1.54) is 6.42 Å². The SMILES string of the molecule is COC1C(CN2O[C@@H](CO)[C@@H]([C@H](C)O)[C@H]2C(=O)N[C@H]2CC3C[C@@H]([C@@H]2C)C3(C)C)CCCC1C1CC(C(=O)NC(CC2CCCCC2O)CN(C)C)CC(N(C)C)C1. The molecule has 6 aliphatic carbocycles. The standard InChI is InChI=1S/C45H81N5O7/c1-26-36-21-32(45(36,3)4)22-37(26)47-44(55)41-40(27(2)52)39(25-51)57-50(41)23-29-14-12-15-35(42(29)56-9)30-17-31(20-34(19-30)49(7)8)43(54)46-33(24-48(5)6)18-28-13-10-11-16-38(28)53/h26-42,51-53H,10-25H2,1-9H3,(H,46,54)(H,47,55)/t26-,27-,28?,29?,30?,31?,32?,33?,34?,35?,36-,37-,38?,39-,40+,41-,42?/m0/s1. The van der Waals surface area contributed by atoms with Crippen molar-refractivity contribution in [1.29, 1.82) is 0 Å². The zero-order valence-electron chi connectivity index (χ0n) is 36.9. The second-order valence-corrected chi connectivity index (χ2v) is 20.9. The average molecular weight is 804 g/mol. The maximum absolute atomic E-state index is 14.4. The number of rotatable bonds is 15. The van der Waals surface area contributed by atoms with E-state index in [9.17, 15) is 24.9 Å². The Morgan fingerprint density at radius 2 is 1.68 bits per heavy atom. The molecular weight excluding hydrogens is 723 g/mol. The molecule has 0 aromatic carbocycles. The summed E-state index contributed by atoms with van der Waals surface area (Å²) in [6, 6.07) is -0.366. The van der Waals surface area contributed by atoms with Gasteiger partial charge in [0, 0.05) is 56.1 Å². The number of hydrogen-bond acceptors (Lipinski definition) is 10. The number of nitrogens with zero attached hydrogens (tertiary/aromatic N) is 3. The number of methoxy groups -OCH3 is 1. The summed E-state index contributed by atoms with van der Waals surface area (Å²) in [6.45, 7) is 9.65. The van der Waals surface area contributed by atoms with Crippen LogP contribution in [0.1, 0.15) is 111 Å². The molecule has 1 heterocycles. The van der Waals surface area contributed by atoms with Gasteiger partial charge in [-0.2, -0.15) is 5.06 Å². The first-order valence-electron chi connectivity index (χ1n) is 22.9. The number of ether oxygens (including phenoxy) is 1. The summed E-state index contributed by atoms with van der Waals surface area (Å²) >= 11 is 0. The van der Waals surface area contributed by atoms with Crippen LogP contribution in [0, 0.1) is 58.7 Å². The molecule has 6 saturated carbocycles. The molecule has 57 heavy (non-hydrogen) atoms. The van der Waals surface area contributed by atoms with E-state index in [-0.39, 0.29) is 72.4 Å². The molecule has 7 fully saturated rings. The predicted octanol–water partition coefficient (Wildman–Crippen LogP) is 3.91. The Bertz CT molecular complexity index is 1330. The van der Waals surface area contributed by atoms with Crippen LogP contribution in [0.4, 0.5) is 0 Å². The van der Waals surface area contributed by atoms with Crippen molar-refractivity contribution in [2.24, 2.45) is 58.7 Å². The molecule has 17 atom stereocenters. The highest BCUT2D eigenvalue weighted by atomic mass is 16.7. The lowest BCUT2D eigenvalue weighted by Crippen LogP contribution is -2.62. The lowest BCUT2D eigenvalue weighted by Gasteiger charge is -2.62. The van der Waals surface area contributed by atoms with Gasteiger partial charge in [-0.25, -0.2) is 0 Å². The molecule has 2 amide bonds. The van der Waals surface area contributed by atoms with E-state index in [4.69, 9.17) is 9.57 Å². The molecule has 12 nitrogen and oxygen atoms in total. The van der Waals surface area contributed by atoms with Crippen molar-refractivity contribution >= 4 is 11.8 Å². The third-order valence-electron chi connectivity index (χ3n) is 16.6. The summed E-state index contributed by atoms with van der Waals surface area (Å²) < 4.78 is 6.44. The Balaban J connectivity index is 1.16. The summed E-state index contributed by atoms with van der Waals surface area (Å²) in [5.41, 5.74) is 0.308. The molecule has 5 N–H and O–H groups in total. The molecule has 12 heteroatoms. The van der Waals surface area contributed by atoms with E-state index in [2.05, 4.69) is 69.4 Å². The maximum atomic E-state index is 14.4. The van der Waals surface area contributed by atoms with Crippen molar-refractivity contribution in [3.63, 3.8) is 0 Å². The van der Waals surface area contributed by atoms with Crippen LogP contribution in [0.2, 0.25) is 0 Å². The van der Waals surface area contributed by atoms with Crippen molar-refractivity contribution in [2.75, 3.05) is 55.0 Å². The number of hydroxylamine groups is 2. The normalized spacial score (nSPS) is 42.0. The third-order valence-corrected chi connectivity index (χ3v) is 16.6. The highest BCUT2D eigenvalue weighted by molar-refractivity contribution is 5.83. The van der Waals surface area contributed by atoms with Crippen LogP contribution in [0.5, 0.6) is 0 Å². The Kier molecular flexibility index (Phi) is 15.1. The van der Waals surface area contributed by atoms with E-state index < -0.39 is 24.2 Å². The topological polar surface area (TPSA) is 147 Å². The molecule has 1 aliphatic heterocycles. The molecule has 0 aromatic heterocycles. The third kappa shape index (κ3) is 9.90. The van der Waals surface area contributed by atoms with E-state index in [1.807, 2.05) is 0 Å². The largest absolute Gasteiger partial charge is 0.394 e. The number of likely N-dealkylation sites (N-methyl/N-ethyl adjacent to an activating group) is 1. The Morgan fingerprint density at radius 1 is 0.965 bits per heavy atom. The molecule has 0 radical (unpaired) electrons. The second-order valence-electron chi connectivity index (χ2n) is 20.9. The molecule has 10 unspecified atom stereocenters.